The molecule has 16 heavy (non-hydrogen) atoms. The summed E-state index contributed by atoms with van der Waals surface area (Å²) in [6.07, 6.45) is 2.65. The van der Waals surface area contributed by atoms with Gasteiger partial charge in [-0.1, -0.05) is 27.7 Å². The summed E-state index contributed by atoms with van der Waals surface area (Å²) in [6.45, 7) is 10.1. The van der Waals surface area contributed by atoms with Gasteiger partial charge < -0.3 is 4.74 Å². The summed E-state index contributed by atoms with van der Waals surface area (Å²) >= 11 is 5.42. The van der Waals surface area contributed by atoms with Crippen LogP contribution in [0.25, 0.3) is 0 Å². The van der Waals surface area contributed by atoms with E-state index in [9.17, 15) is 4.79 Å². The number of nitrogens with zero attached hydrogens (tertiary/aromatic N) is 2. The second-order valence-electron chi connectivity index (χ2n) is 1.96. The number of carbonyl (C=O) groups is 1. The Morgan fingerprint density at radius 3 is 2.06 bits per heavy atom. The van der Waals surface area contributed by atoms with Gasteiger partial charge in [0.15, 0.2) is 0 Å². The fourth-order valence-corrected chi connectivity index (χ4v) is 0.730. The fourth-order valence-electron chi connectivity index (χ4n) is 0.632. The zero-order chi connectivity index (χ0) is 13.0. The van der Waals surface area contributed by atoms with Crippen LogP contribution in [0.1, 0.15) is 45.0 Å². The zero-order valence-electron chi connectivity index (χ0n) is 10.5. The van der Waals surface area contributed by atoms with Crippen molar-refractivity contribution in [1.82, 2.24) is 9.97 Å². The van der Waals surface area contributed by atoms with Crippen LogP contribution in [0.15, 0.2) is 12.4 Å². The number of carbonyl (C=O) groups excluding carboxylic acids is 1. The third kappa shape index (κ3) is 7.17. The summed E-state index contributed by atoms with van der Waals surface area (Å²) in [5.74, 6) is -0.436. The zero-order valence-corrected chi connectivity index (χ0v) is 11.2. The lowest BCUT2D eigenvalue weighted by atomic mass is 10.3. The summed E-state index contributed by atoms with van der Waals surface area (Å²) in [4.78, 5) is 18.3. The molecular formula is C11H19ClN2O2. The minimum absolute atomic E-state index is 0.114. The Morgan fingerprint density at radius 1 is 1.25 bits per heavy atom. The van der Waals surface area contributed by atoms with Gasteiger partial charge in [-0.2, -0.15) is 0 Å². The Kier molecular flexibility index (Phi) is 12.8. The Morgan fingerprint density at radius 2 is 1.69 bits per heavy atom. The second-order valence-corrected chi connectivity index (χ2v) is 2.30. The number of ether oxygens (including phenoxy) is 1. The van der Waals surface area contributed by atoms with Crippen LogP contribution >= 0.6 is 11.6 Å². The number of esters is 1. The largest absolute Gasteiger partial charge is 0.462 e. The highest BCUT2D eigenvalue weighted by Gasteiger charge is 2.06. The average Bonchev–Trinajstić information content (AvgIpc) is 2.35. The molecule has 1 rings (SSSR count). The molecule has 4 nitrogen and oxygen atoms in total. The van der Waals surface area contributed by atoms with Gasteiger partial charge in [0.25, 0.3) is 0 Å². The highest BCUT2D eigenvalue weighted by molar-refractivity contribution is 6.28. The standard InChI is InChI=1S/C7H7ClN2O2.2C2H6/c1-2-12-6(11)5-3-9-7(8)10-4-5;2*1-2/h3-4H,2H2,1H3;2*1-2H3. The van der Waals surface area contributed by atoms with Gasteiger partial charge >= 0.3 is 5.97 Å². The maximum Gasteiger partial charge on any atom is 0.341 e. The van der Waals surface area contributed by atoms with E-state index in [1.165, 1.54) is 12.4 Å². The van der Waals surface area contributed by atoms with Gasteiger partial charge in [0.1, 0.15) is 0 Å². The van der Waals surface area contributed by atoms with E-state index in [1.54, 1.807) is 6.92 Å². The van der Waals surface area contributed by atoms with Gasteiger partial charge in [0.2, 0.25) is 5.28 Å². The van der Waals surface area contributed by atoms with Crippen LogP contribution in [0.2, 0.25) is 5.28 Å². The van der Waals surface area contributed by atoms with Crippen molar-refractivity contribution in [2.75, 3.05) is 6.61 Å². The van der Waals surface area contributed by atoms with Crippen molar-refractivity contribution in [3.05, 3.63) is 23.2 Å². The first-order chi connectivity index (χ1) is 7.74. The van der Waals surface area contributed by atoms with E-state index in [1.807, 2.05) is 27.7 Å². The van der Waals surface area contributed by atoms with Crippen LogP contribution in [-0.4, -0.2) is 22.5 Å². The van der Waals surface area contributed by atoms with E-state index in [0.717, 1.165) is 0 Å². The molecule has 1 aromatic rings. The van der Waals surface area contributed by atoms with Crippen LogP contribution < -0.4 is 0 Å². The summed E-state index contributed by atoms with van der Waals surface area (Å²) in [6, 6.07) is 0. The predicted octanol–water partition coefficient (Wildman–Crippen LogP) is 3.36. The fraction of sp³-hybridized carbons (Fsp3) is 0.545. The molecule has 0 atom stereocenters. The Bertz CT molecular complexity index is 276. The van der Waals surface area contributed by atoms with Gasteiger partial charge in [-0.3, -0.25) is 0 Å². The van der Waals surface area contributed by atoms with Crippen LogP contribution in [0.5, 0.6) is 0 Å². The van der Waals surface area contributed by atoms with Crippen LogP contribution in [0.3, 0.4) is 0 Å². The van der Waals surface area contributed by atoms with Crippen molar-refractivity contribution in [3.8, 4) is 0 Å². The van der Waals surface area contributed by atoms with Gasteiger partial charge in [0.05, 0.1) is 12.2 Å². The smallest absolute Gasteiger partial charge is 0.341 e. The molecule has 0 fully saturated rings. The molecule has 0 unspecified atom stereocenters. The lowest BCUT2D eigenvalue weighted by Crippen LogP contribution is -2.05. The maximum atomic E-state index is 11.0. The SMILES string of the molecule is CC.CC.CCOC(=O)c1cnc(Cl)nc1. The molecule has 0 saturated carbocycles. The molecule has 0 spiro atoms. The summed E-state index contributed by atoms with van der Waals surface area (Å²) < 4.78 is 4.71. The van der Waals surface area contributed by atoms with Crippen molar-refractivity contribution in [1.29, 1.82) is 0 Å². The molecule has 1 heterocycles. The van der Waals surface area contributed by atoms with Gasteiger partial charge in [-0.05, 0) is 18.5 Å². The topological polar surface area (TPSA) is 52.1 Å². The van der Waals surface area contributed by atoms with E-state index < -0.39 is 5.97 Å². The third-order valence-corrected chi connectivity index (χ3v) is 1.33. The second kappa shape index (κ2) is 11.9. The van der Waals surface area contributed by atoms with E-state index in [2.05, 4.69) is 9.97 Å². The Balaban J connectivity index is 0. The molecule has 0 radical (unpaired) electrons. The normalized spacial score (nSPS) is 7.88. The van der Waals surface area contributed by atoms with Crippen LogP contribution in [0, 0.1) is 0 Å². The van der Waals surface area contributed by atoms with Crippen LogP contribution in [0.4, 0.5) is 0 Å². The summed E-state index contributed by atoms with van der Waals surface area (Å²) in [7, 11) is 0. The number of halogens is 1. The summed E-state index contributed by atoms with van der Waals surface area (Å²) in [5, 5.41) is 0.114. The van der Waals surface area contributed by atoms with Crippen molar-refractivity contribution in [2.24, 2.45) is 0 Å². The molecule has 92 valence electrons. The van der Waals surface area contributed by atoms with Crippen molar-refractivity contribution in [2.45, 2.75) is 34.6 Å². The number of rotatable bonds is 2. The Labute approximate surface area is 102 Å². The van der Waals surface area contributed by atoms with E-state index in [0.29, 0.717) is 12.2 Å². The molecule has 0 aliphatic carbocycles. The molecule has 0 saturated heterocycles. The number of hydrogen-bond acceptors (Lipinski definition) is 4. The number of hydrogen-bond donors (Lipinski definition) is 0. The van der Waals surface area contributed by atoms with Crippen molar-refractivity contribution < 1.29 is 9.53 Å². The van der Waals surface area contributed by atoms with E-state index in [-0.39, 0.29) is 5.28 Å². The lowest BCUT2D eigenvalue weighted by molar-refractivity contribution is 0.0525. The molecule has 1 aromatic heterocycles. The predicted molar refractivity (Wildman–Crippen MR) is 65.7 cm³/mol. The van der Waals surface area contributed by atoms with E-state index >= 15 is 0 Å². The highest BCUT2D eigenvalue weighted by atomic mass is 35.5. The molecule has 0 bridgehead atoms. The average molecular weight is 247 g/mol. The molecule has 5 heteroatoms. The highest BCUT2D eigenvalue weighted by Crippen LogP contribution is 2.01. The Hall–Kier alpha value is -1.16. The quantitative estimate of drug-likeness (QED) is 0.593. The lowest BCUT2D eigenvalue weighted by Gasteiger charge is -1.99. The first-order valence-electron chi connectivity index (χ1n) is 5.38. The van der Waals surface area contributed by atoms with E-state index in [4.69, 9.17) is 16.3 Å². The van der Waals surface area contributed by atoms with Crippen molar-refractivity contribution >= 4 is 17.6 Å². The molecular weight excluding hydrogens is 228 g/mol. The number of aromatic nitrogens is 2. The minimum Gasteiger partial charge on any atom is -0.462 e. The van der Waals surface area contributed by atoms with Gasteiger partial charge in [-0.25, -0.2) is 14.8 Å². The molecule has 0 N–H and O–H groups in total. The van der Waals surface area contributed by atoms with Crippen LogP contribution in [-0.2, 0) is 4.74 Å². The minimum atomic E-state index is -0.436. The van der Waals surface area contributed by atoms with Crippen molar-refractivity contribution in [3.63, 3.8) is 0 Å². The first kappa shape index (κ1) is 17.2. The molecule has 0 amide bonds. The molecule has 0 aromatic carbocycles. The maximum absolute atomic E-state index is 11.0. The molecule has 0 aliphatic rings. The first-order valence-corrected chi connectivity index (χ1v) is 5.76. The molecule has 0 aliphatic heterocycles. The monoisotopic (exact) mass is 246 g/mol. The van der Waals surface area contributed by atoms with Gasteiger partial charge in [-0.15, -0.1) is 0 Å². The third-order valence-electron chi connectivity index (χ3n) is 1.13. The summed E-state index contributed by atoms with van der Waals surface area (Å²) in [5.41, 5.74) is 0.307. The van der Waals surface area contributed by atoms with Gasteiger partial charge in [0, 0.05) is 12.4 Å².